The number of carbonyl (C=O) groups is 1. The van der Waals surface area contributed by atoms with Gasteiger partial charge in [-0.15, -0.1) is 0 Å². The summed E-state index contributed by atoms with van der Waals surface area (Å²) in [4.78, 5) is 18.0. The monoisotopic (exact) mass is 309 g/mol. The summed E-state index contributed by atoms with van der Waals surface area (Å²) in [5.74, 6) is 1.45. The third-order valence-electron chi connectivity index (χ3n) is 4.58. The number of nitrogens with two attached hydrogens (primary N) is 1. The molecule has 1 aromatic carbocycles. The van der Waals surface area contributed by atoms with Gasteiger partial charge in [0, 0.05) is 47.6 Å². The Hall–Kier alpha value is -2.56. The number of benzene rings is 1. The van der Waals surface area contributed by atoms with Gasteiger partial charge in [0.2, 0.25) is 5.91 Å². The molecule has 0 aliphatic carbocycles. The maximum atomic E-state index is 12.0. The molecule has 3 heterocycles. The zero-order valence-corrected chi connectivity index (χ0v) is 13.3. The van der Waals surface area contributed by atoms with Crippen LogP contribution in [0.2, 0.25) is 0 Å². The maximum Gasteiger partial charge on any atom is 0.227 e. The van der Waals surface area contributed by atoms with Crippen LogP contribution in [0.1, 0.15) is 32.3 Å². The molecule has 1 saturated heterocycles. The van der Waals surface area contributed by atoms with Gasteiger partial charge in [0.15, 0.2) is 0 Å². The van der Waals surface area contributed by atoms with Gasteiger partial charge in [-0.1, -0.05) is 0 Å². The fourth-order valence-corrected chi connectivity index (χ4v) is 3.42. The highest BCUT2D eigenvalue weighted by molar-refractivity contribution is 5.96. The molecule has 5 heteroatoms. The summed E-state index contributed by atoms with van der Waals surface area (Å²) in [6.45, 7) is 4.81. The average molecular weight is 309 g/mol. The van der Waals surface area contributed by atoms with Gasteiger partial charge in [-0.25, -0.2) is 4.98 Å². The molecule has 2 N–H and O–H groups in total. The van der Waals surface area contributed by atoms with Crippen molar-refractivity contribution in [3.63, 3.8) is 0 Å². The SMILES string of the molecule is CC1(C)Oc2cc(N3CCCC3=O)ccc2-c2cnc(N)cc21. The Morgan fingerprint density at radius 1 is 1.26 bits per heavy atom. The predicted octanol–water partition coefficient (Wildman–Crippen LogP) is 3.09. The molecule has 0 saturated carbocycles. The van der Waals surface area contributed by atoms with E-state index in [2.05, 4.69) is 4.98 Å². The minimum Gasteiger partial charge on any atom is -0.482 e. The summed E-state index contributed by atoms with van der Waals surface area (Å²) in [5.41, 5.74) is 9.29. The van der Waals surface area contributed by atoms with Crippen molar-refractivity contribution in [2.75, 3.05) is 17.2 Å². The number of rotatable bonds is 1. The average Bonchev–Trinajstić information content (AvgIpc) is 2.93. The van der Waals surface area contributed by atoms with Crippen molar-refractivity contribution < 1.29 is 9.53 Å². The van der Waals surface area contributed by atoms with Crippen molar-refractivity contribution in [1.29, 1.82) is 0 Å². The predicted molar refractivity (Wildman–Crippen MR) is 89.3 cm³/mol. The van der Waals surface area contributed by atoms with Gasteiger partial charge in [-0.05, 0) is 38.5 Å². The van der Waals surface area contributed by atoms with Crippen LogP contribution in [0.5, 0.6) is 5.75 Å². The van der Waals surface area contributed by atoms with Crippen molar-refractivity contribution in [3.05, 3.63) is 36.0 Å². The lowest BCUT2D eigenvalue weighted by Gasteiger charge is -2.35. The fraction of sp³-hybridized carbons (Fsp3) is 0.333. The van der Waals surface area contributed by atoms with E-state index in [1.807, 2.05) is 43.0 Å². The minimum absolute atomic E-state index is 0.176. The summed E-state index contributed by atoms with van der Waals surface area (Å²) in [6, 6.07) is 7.81. The van der Waals surface area contributed by atoms with E-state index in [0.29, 0.717) is 12.2 Å². The van der Waals surface area contributed by atoms with E-state index in [4.69, 9.17) is 10.5 Å². The van der Waals surface area contributed by atoms with Crippen LogP contribution in [-0.4, -0.2) is 17.4 Å². The number of aromatic nitrogens is 1. The van der Waals surface area contributed by atoms with Crippen LogP contribution in [0.3, 0.4) is 0 Å². The first-order valence-electron chi connectivity index (χ1n) is 7.85. The Morgan fingerprint density at radius 3 is 2.83 bits per heavy atom. The molecule has 0 bridgehead atoms. The highest BCUT2D eigenvalue weighted by atomic mass is 16.5. The van der Waals surface area contributed by atoms with Gasteiger partial charge in [-0.2, -0.15) is 0 Å². The molecule has 1 aromatic heterocycles. The Bertz CT molecular complexity index is 814. The number of fused-ring (bicyclic) bond motifs is 3. The normalized spacial score (nSPS) is 18.3. The molecule has 0 spiro atoms. The second-order valence-electron chi connectivity index (χ2n) is 6.60. The number of hydrogen-bond acceptors (Lipinski definition) is 4. The van der Waals surface area contributed by atoms with Crippen molar-refractivity contribution in [1.82, 2.24) is 4.98 Å². The quantitative estimate of drug-likeness (QED) is 0.879. The molecule has 2 aliphatic heterocycles. The van der Waals surface area contributed by atoms with Gasteiger partial charge in [0.1, 0.15) is 17.2 Å². The van der Waals surface area contributed by atoms with Crippen LogP contribution in [0.4, 0.5) is 11.5 Å². The van der Waals surface area contributed by atoms with Crippen LogP contribution in [0, 0.1) is 0 Å². The van der Waals surface area contributed by atoms with Crippen molar-refractivity contribution >= 4 is 17.4 Å². The lowest BCUT2D eigenvalue weighted by Crippen LogP contribution is -2.30. The summed E-state index contributed by atoms with van der Waals surface area (Å²) in [7, 11) is 0. The third kappa shape index (κ3) is 2.15. The molecule has 1 fully saturated rings. The summed E-state index contributed by atoms with van der Waals surface area (Å²) in [5, 5.41) is 0. The van der Waals surface area contributed by atoms with Crippen molar-refractivity contribution in [3.8, 4) is 16.9 Å². The fourth-order valence-electron chi connectivity index (χ4n) is 3.42. The molecule has 0 unspecified atom stereocenters. The molecule has 0 radical (unpaired) electrons. The Morgan fingerprint density at radius 2 is 2.09 bits per heavy atom. The molecular weight excluding hydrogens is 290 g/mol. The topological polar surface area (TPSA) is 68.5 Å². The third-order valence-corrected chi connectivity index (χ3v) is 4.58. The number of hydrogen-bond donors (Lipinski definition) is 1. The smallest absolute Gasteiger partial charge is 0.227 e. The zero-order valence-electron chi connectivity index (χ0n) is 13.3. The number of carbonyl (C=O) groups excluding carboxylic acids is 1. The summed E-state index contributed by atoms with van der Waals surface area (Å²) >= 11 is 0. The minimum atomic E-state index is -0.493. The maximum absolute atomic E-state index is 12.0. The van der Waals surface area contributed by atoms with Gasteiger partial charge in [-0.3, -0.25) is 4.79 Å². The van der Waals surface area contributed by atoms with E-state index in [1.54, 1.807) is 6.20 Å². The van der Waals surface area contributed by atoms with E-state index in [0.717, 1.165) is 41.1 Å². The van der Waals surface area contributed by atoms with E-state index < -0.39 is 5.60 Å². The van der Waals surface area contributed by atoms with E-state index in [1.165, 1.54) is 0 Å². The van der Waals surface area contributed by atoms with Crippen LogP contribution < -0.4 is 15.4 Å². The molecule has 4 rings (SSSR count). The molecule has 118 valence electrons. The van der Waals surface area contributed by atoms with Crippen LogP contribution in [0.15, 0.2) is 30.5 Å². The summed E-state index contributed by atoms with van der Waals surface area (Å²) in [6.07, 6.45) is 3.33. The van der Waals surface area contributed by atoms with Gasteiger partial charge in [0.05, 0.1) is 0 Å². The first kappa shape index (κ1) is 14.1. The molecule has 2 aliphatic rings. The number of pyridine rings is 1. The van der Waals surface area contributed by atoms with Gasteiger partial charge in [0.25, 0.3) is 0 Å². The van der Waals surface area contributed by atoms with Crippen LogP contribution in [0.25, 0.3) is 11.1 Å². The van der Waals surface area contributed by atoms with Crippen LogP contribution >= 0.6 is 0 Å². The molecule has 23 heavy (non-hydrogen) atoms. The van der Waals surface area contributed by atoms with E-state index in [9.17, 15) is 4.79 Å². The lowest BCUT2D eigenvalue weighted by atomic mass is 9.87. The van der Waals surface area contributed by atoms with Crippen molar-refractivity contribution in [2.24, 2.45) is 0 Å². The number of nitrogen functional groups attached to an aromatic ring is 1. The molecule has 1 amide bonds. The van der Waals surface area contributed by atoms with E-state index in [-0.39, 0.29) is 5.91 Å². The molecule has 2 aromatic rings. The van der Waals surface area contributed by atoms with Crippen molar-refractivity contribution in [2.45, 2.75) is 32.3 Å². The van der Waals surface area contributed by atoms with E-state index >= 15 is 0 Å². The molecular formula is C18H19N3O2. The number of ether oxygens (including phenoxy) is 1. The second-order valence-corrected chi connectivity index (χ2v) is 6.60. The lowest BCUT2D eigenvalue weighted by molar-refractivity contribution is -0.117. The summed E-state index contributed by atoms with van der Waals surface area (Å²) < 4.78 is 6.21. The van der Waals surface area contributed by atoms with Crippen LogP contribution in [-0.2, 0) is 10.4 Å². The van der Waals surface area contributed by atoms with Gasteiger partial charge >= 0.3 is 0 Å². The largest absolute Gasteiger partial charge is 0.482 e. The highest BCUT2D eigenvalue weighted by Crippen LogP contribution is 2.46. The van der Waals surface area contributed by atoms with Gasteiger partial charge < -0.3 is 15.4 Å². The molecule has 0 atom stereocenters. The Balaban J connectivity index is 1.84. The Kier molecular flexibility index (Phi) is 2.88. The number of nitrogens with zero attached hydrogens (tertiary/aromatic N) is 2. The first-order valence-corrected chi connectivity index (χ1v) is 7.85. The molecule has 5 nitrogen and oxygen atoms in total. The first-order chi connectivity index (χ1) is 11.0. The number of amides is 1. The number of anilines is 2. The Labute approximate surface area is 135 Å². The second kappa shape index (κ2) is 4.72. The highest BCUT2D eigenvalue weighted by Gasteiger charge is 2.34. The zero-order chi connectivity index (χ0) is 16.2. The standard InChI is InChI=1S/C18H19N3O2/c1-18(2)14-9-16(19)20-10-13(14)12-6-5-11(8-15(12)23-18)21-7-3-4-17(21)22/h5-6,8-10H,3-4,7H2,1-2H3,(H2,19,20).